The fraction of sp³-hybridized carbons (Fsp3) is 0.235. The van der Waals surface area contributed by atoms with Gasteiger partial charge in [0.15, 0.2) is 5.58 Å². The Balaban J connectivity index is 1.77. The molecule has 0 saturated carbocycles. The highest BCUT2D eigenvalue weighted by Crippen LogP contribution is 2.21. The van der Waals surface area contributed by atoms with E-state index in [0.29, 0.717) is 12.1 Å². The van der Waals surface area contributed by atoms with Crippen molar-refractivity contribution in [2.75, 3.05) is 7.05 Å². The Hall–Kier alpha value is -2.20. The van der Waals surface area contributed by atoms with E-state index in [1.807, 2.05) is 19.2 Å². The summed E-state index contributed by atoms with van der Waals surface area (Å²) < 4.78 is 18.3. The zero-order chi connectivity index (χ0) is 14.8. The first-order chi connectivity index (χ1) is 10.1. The molecule has 0 N–H and O–H groups in total. The molecule has 0 saturated heterocycles. The van der Waals surface area contributed by atoms with E-state index in [0.717, 1.165) is 17.6 Å². The van der Waals surface area contributed by atoms with Gasteiger partial charge in [0.05, 0.1) is 0 Å². The number of fused-ring (bicyclic) bond motifs is 1. The number of hydrogen-bond donors (Lipinski definition) is 0. The van der Waals surface area contributed by atoms with Crippen LogP contribution in [0.3, 0.4) is 0 Å². The zero-order valence-corrected chi connectivity index (χ0v) is 12.1. The maximum atomic E-state index is 13.1. The highest BCUT2D eigenvalue weighted by atomic mass is 19.1. The van der Waals surface area contributed by atoms with Gasteiger partial charge < -0.3 is 4.52 Å². The lowest BCUT2D eigenvalue weighted by atomic mass is 10.1. The lowest BCUT2D eigenvalue weighted by Crippen LogP contribution is -2.18. The number of rotatable bonds is 4. The van der Waals surface area contributed by atoms with Crippen molar-refractivity contribution in [3.05, 3.63) is 65.1 Å². The average molecular weight is 284 g/mol. The van der Waals surface area contributed by atoms with Crippen molar-refractivity contribution in [3.8, 4) is 0 Å². The maximum absolute atomic E-state index is 13.1. The molecule has 4 heteroatoms. The second-order valence-electron chi connectivity index (χ2n) is 5.37. The second-order valence-corrected chi connectivity index (χ2v) is 5.37. The van der Waals surface area contributed by atoms with Gasteiger partial charge in [-0.2, -0.15) is 0 Å². The van der Waals surface area contributed by atoms with Gasteiger partial charge in [-0.1, -0.05) is 29.4 Å². The minimum atomic E-state index is -0.307. The van der Waals surface area contributed by atoms with E-state index in [1.54, 1.807) is 6.07 Å². The molecular formula is C17H17FN2O. The van der Waals surface area contributed by atoms with Gasteiger partial charge in [-0.3, -0.25) is 4.90 Å². The second kappa shape index (κ2) is 5.66. The Labute approximate surface area is 123 Å². The summed E-state index contributed by atoms with van der Waals surface area (Å²) >= 11 is 0. The summed E-state index contributed by atoms with van der Waals surface area (Å²) in [4.78, 5) is 2.17. The molecule has 21 heavy (non-hydrogen) atoms. The molecule has 0 radical (unpaired) electrons. The van der Waals surface area contributed by atoms with Crippen LogP contribution in [-0.4, -0.2) is 17.1 Å². The Kier molecular flexibility index (Phi) is 3.71. The van der Waals surface area contributed by atoms with Crippen LogP contribution >= 0.6 is 0 Å². The number of benzene rings is 2. The third kappa shape index (κ3) is 2.95. The Morgan fingerprint density at radius 3 is 2.76 bits per heavy atom. The van der Waals surface area contributed by atoms with Crippen LogP contribution in [0.5, 0.6) is 0 Å². The first-order valence-electron chi connectivity index (χ1n) is 6.90. The molecule has 0 unspecified atom stereocenters. The zero-order valence-electron chi connectivity index (χ0n) is 12.1. The fourth-order valence-electron chi connectivity index (χ4n) is 2.47. The molecule has 2 aromatic carbocycles. The van der Waals surface area contributed by atoms with E-state index in [9.17, 15) is 4.39 Å². The normalized spacial score (nSPS) is 11.4. The van der Waals surface area contributed by atoms with Crippen LogP contribution < -0.4 is 0 Å². The summed E-state index contributed by atoms with van der Waals surface area (Å²) in [5.41, 5.74) is 3.89. The molecule has 1 heterocycles. The standard InChI is InChI=1S/C17H17FN2O/c1-12-5-3-4-6-13(12)10-20(2)11-16-15-8-7-14(18)9-17(15)21-19-16/h3-9H,10-11H2,1-2H3. The third-order valence-electron chi connectivity index (χ3n) is 3.63. The van der Waals surface area contributed by atoms with Crippen LogP contribution in [0, 0.1) is 12.7 Å². The van der Waals surface area contributed by atoms with E-state index in [4.69, 9.17) is 4.52 Å². The van der Waals surface area contributed by atoms with Crippen molar-refractivity contribution in [2.24, 2.45) is 0 Å². The molecule has 3 nitrogen and oxygen atoms in total. The predicted octanol–water partition coefficient (Wildman–Crippen LogP) is 3.91. The molecule has 108 valence electrons. The SMILES string of the molecule is Cc1ccccc1CN(C)Cc1noc2cc(F)ccc12. The largest absolute Gasteiger partial charge is 0.356 e. The van der Waals surface area contributed by atoms with Crippen molar-refractivity contribution in [3.63, 3.8) is 0 Å². The lowest BCUT2D eigenvalue weighted by molar-refractivity contribution is 0.306. The molecule has 1 aromatic heterocycles. The van der Waals surface area contributed by atoms with Gasteiger partial charge in [0.1, 0.15) is 11.5 Å². The molecule has 3 rings (SSSR count). The van der Waals surface area contributed by atoms with Gasteiger partial charge >= 0.3 is 0 Å². The van der Waals surface area contributed by atoms with Crippen molar-refractivity contribution in [2.45, 2.75) is 20.0 Å². The molecule has 0 aliphatic heterocycles. The monoisotopic (exact) mass is 284 g/mol. The van der Waals surface area contributed by atoms with Crippen LogP contribution in [0.25, 0.3) is 11.0 Å². The quantitative estimate of drug-likeness (QED) is 0.727. The van der Waals surface area contributed by atoms with E-state index in [1.165, 1.54) is 23.3 Å². The van der Waals surface area contributed by atoms with Gasteiger partial charge in [-0.25, -0.2) is 4.39 Å². The Morgan fingerprint density at radius 1 is 1.14 bits per heavy atom. The molecular weight excluding hydrogens is 267 g/mol. The molecule has 0 aliphatic carbocycles. The summed E-state index contributed by atoms with van der Waals surface area (Å²) in [5, 5.41) is 4.93. The molecule has 0 spiro atoms. The minimum absolute atomic E-state index is 0.307. The van der Waals surface area contributed by atoms with Crippen LogP contribution in [0.1, 0.15) is 16.8 Å². The summed E-state index contributed by atoms with van der Waals surface area (Å²) in [6.07, 6.45) is 0. The first-order valence-corrected chi connectivity index (χ1v) is 6.90. The smallest absolute Gasteiger partial charge is 0.170 e. The third-order valence-corrected chi connectivity index (χ3v) is 3.63. The molecule has 3 aromatic rings. The van der Waals surface area contributed by atoms with Crippen molar-refractivity contribution in [1.82, 2.24) is 10.1 Å². The lowest BCUT2D eigenvalue weighted by Gasteiger charge is -2.16. The molecule has 0 bridgehead atoms. The molecule has 0 amide bonds. The highest BCUT2D eigenvalue weighted by Gasteiger charge is 2.12. The van der Waals surface area contributed by atoms with Gasteiger partial charge in [0, 0.05) is 24.5 Å². The van der Waals surface area contributed by atoms with Crippen LogP contribution in [-0.2, 0) is 13.1 Å². The number of hydrogen-bond acceptors (Lipinski definition) is 3. The van der Waals surface area contributed by atoms with E-state index in [2.05, 4.69) is 29.1 Å². The predicted molar refractivity (Wildman–Crippen MR) is 80.3 cm³/mol. The number of aromatic nitrogens is 1. The van der Waals surface area contributed by atoms with E-state index in [-0.39, 0.29) is 5.82 Å². The van der Waals surface area contributed by atoms with Crippen molar-refractivity contribution in [1.29, 1.82) is 0 Å². The fourth-order valence-corrected chi connectivity index (χ4v) is 2.47. The summed E-state index contributed by atoms with van der Waals surface area (Å²) in [7, 11) is 2.04. The van der Waals surface area contributed by atoms with Crippen molar-refractivity contribution >= 4 is 11.0 Å². The molecule has 0 fully saturated rings. The van der Waals surface area contributed by atoms with Gasteiger partial charge in [-0.15, -0.1) is 0 Å². The highest BCUT2D eigenvalue weighted by molar-refractivity contribution is 5.79. The summed E-state index contributed by atoms with van der Waals surface area (Å²) in [6.45, 7) is 3.60. The molecule has 0 atom stereocenters. The number of halogens is 1. The maximum Gasteiger partial charge on any atom is 0.170 e. The molecule has 0 aliphatic rings. The van der Waals surface area contributed by atoms with Crippen molar-refractivity contribution < 1.29 is 8.91 Å². The summed E-state index contributed by atoms with van der Waals surface area (Å²) in [5.74, 6) is -0.307. The number of aryl methyl sites for hydroxylation is 1. The van der Waals surface area contributed by atoms with E-state index >= 15 is 0 Å². The van der Waals surface area contributed by atoms with Gasteiger partial charge in [0.25, 0.3) is 0 Å². The summed E-state index contributed by atoms with van der Waals surface area (Å²) in [6, 6.07) is 12.8. The van der Waals surface area contributed by atoms with Gasteiger partial charge in [0.2, 0.25) is 0 Å². The average Bonchev–Trinajstić information content (AvgIpc) is 2.83. The van der Waals surface area contributed by atoms with Crippen LogP contribution in [0.15, 0.2) is 47.0 Å². The number of nitrogens with zero attached hydrogens (tertiary/aromatic N) is 2. The topological polar surface area (TPSA) is 29.3 Å². The first kappa shape index (κ1) is 13.8. The minimum Gasteiger partial charge on any atom is -0.356 e. The van der Waals surface area contributed by atoms with E-state index < -0.39 is 0 Å². The van der Waals surface area contributed by atoms with Gasteiger partial charge in [-0.05, 0) is 37.2 Å². The Morgan fingerprint density at radius 2 is 1.95 bits per heavy atom. The van der Waals surface area contributed by atoms with Crippen LogP contribution in [0.2, 0.25) is 0 Å². The Bertz CT molecular complexity index is 766. The van der Waals surface area contributed by atoms with Crippen LogP contribution in [0.4, 0.5) is 4.39 Å².